The largest absolute Gasteiger partial charge is 0.375 e. The zero-order valence-electron chi connectivity index (χ0n) is 11.8. The average Bonchev–Trinajstić information content (AvgIpc) is 2.96. The van der Waals surface area contributed by atoms with E-state index in [1.807, 2.05) is 6.33 Å². The predicted octanol–water partition coefficient (Wildman–Crippen LogP) is 3.82. The molecule has 1 atom stereocenters. The van der Waals surface area contributed by atoms with Gasteiger partial charge in [0.1, 0.15) is 6.33 Å². The first-order valence-electron chi connectivity index (χ1n) is 7.55. The molecule has 110 valence electrons. The minimum atomic E-state index is 0.150. The van der Waals surface area contributed by atoms with Crippen LogP contribution in [0, 0.1) is 3.57 Å². The summed E-state index contributed by atoms with van der Waals surface area (Å²) in [4.78, 5) is 4.50. The van der Waals surface area contributed by atoms with E-state index in [0.717, 1.165) is 30.8 Å². The molecule has 1 unspecified atom stereocenters. The quantitative estimate of drug-likeness (QED) is 0.726. The number of hydrogen-bond acceptors (Lipinski definition) is 3. The second kappa shape index (κ2) is 5.35. The van der Waals surface area contributed by atoms with Crippen LogP contribution in [0.2, 0.25) is 0 Å². The summed E-state index contributed by atoms with van der Waals surface area (Å²) in [6, 6.07) is 8.76. The van der Waals surface area contributed by atoms with Gasteiger partial charge in [-0.15, -0.1) is 0 Å². The zero-order chi connectivity index (χ0) is 14.3. The fourth-order valence-corrected chi connectivity index (χ4v) is 3.90. The van der Waals surface area contributed by atoms with Gasteiger partial charge in [0, 0.05) is 15.7 Å². The highest BCUT2D eigenvalue weighted by atomic mass is 127. The van der Waals surface area contributed by atoms with Crippen molar-refractivity contribution in [2.45, 2.75) is 43.7 Å². The van der Waals surface area contributed by atoms with Crippen LogP contribution in [-0.4, -0.2) is 27.0 Å². The van der Waals surface area contributed by atoms with Gasteiger partial charge in [0.2, 0.25) is 0 Å². The Balaban J connectivity index is 1.56. The van der Waals surface area contributed by atoms with Crippen molar-refractivity contribution in [3.05, 3.63) is 34.2 Å². The normalized spacial score (nSPS) is 24.0. The summed E-state index contributed by atoms with van der Waals surface area (Å²) in [5, 5.41) is 4.72. The molecule has 0 N–H and O–H groups in total. The third-order valence-corrected chi connectivity index (χ3v) is 5.37. The molecule has 1 saturated heterocycles. The van der Waals surface area contributed by atoms with Crippen LogP contribution in [0.3, 0.4) is 0 Å². The Morgan fingerprint density at radius 2 is 2.24 bits per heavy atom. The number of nitrogens with zero attached hydrogens (tertiary/aromatic N) is 3. The van der Waals surface area contributed by atoms with E-state index in [4.69, 9.17) is 9.84 Å². The van der Waals surface area contributed by atoms with E-state index >= 15 is 0 Å². The van der Waals surface area contributed by atoms with E-state index < -0.39 is 0 Å². The first kappa shape index (κ1) is 13.7. The molecule has 2 aromatic rings. The lowest BCUT2D eigenvalue weighted by Crippen LogP contribution is -2.46. The highest BCUT2D eigenvalue weighted by Crippen LogP contribution is 2.45. The van der Waals surface area contributed by atoms with Crippen LogP contribution in [-0.2, 0) is 4.74 Å². The summed E-state index contributed by atoms with van der Waals surface area (Å²) < 4.78 is 9.26. The van der Waals surface area contributed by atoms with Gasteiger partial charge >= 0.3 is 0 Å². The smallest absolute Gasteiger partial charge is 0.181 e. The van der Waals surface area contributed by atoms with E-state index in [1.54, 1.807) is 0 Å². The van der Waals surface area contributed by atoms with Gasteiger partial charge in [-0.3, -0.25) is 0 Å². The molecule has 2 heterocycles. The highest BCUT2D eigenvalue weighted by molar-refractivity contribution is 14.1. The van der Waals surface area contributed by atoms with Crippen molar-refractivity contribution in [2.75, 3.05) is 6.61 Å². The SMILES string of the molecule is Ic1cccc(-c2ncn(C3CCOC4(CCC4)C3)n2)c1. The molecule has 0 amide bonds. The van der Waals surface area contributed by atoms with Crippen LogP contribution in [0.1, 0.15) is 38.1 Å². The molecule has 21 heavy (non-hydrogen) atoms. The van der Waals surface area contributed by atoms with Crippen molar-refractivity contribution in [3.8, 4) is 11.4 Å². The lowest BCUT2D eigenvalue weighted by Gasteiger charge is -2.47. The Bertz CT molecular complexity index is 650. The van der Waals surface area contributed by atoms with Gasteiger partial charge in [-0.2, -0.15) is 5.10 Å². The summed E-state index contributed by atoms with van der Waals surface area (Å²) in [7, 11) is 0. The maximum atomic E-state index is 6.00. The van der Waals surface area contributed by atoms with E-state index in [1.165, 1.54) is 22.8 Å². The van der Waals surface area contributed by atoms with Gasteiger partial charge in [-0.1, -0.05) is 12.1 Å². The molecule has 1 aliphatic carbocycles. The minimum Gasteiger partial charge on any atom is -0.375 e. The van der Waals surface area contributed by atoms with Gasteiger partial charge < -0.3 is 4.74 Å². The molecule has 1 aliphatic heterocycles. The fourth-order valence-electron chi connectivity index (χ4n) is 3.36. The molecule has 2 fully saturated rings. The molecule has 1 aromatic heterocycles. The maximum absolute atomic E-state index is 6.00. The Labute approximate surface area is 138 Å². The number of aromatic nitrogens is 3. The van der Waals surface area contributed by atoms with Crippen LogP contribution >= 0.6 is 22.6 Å². The number of benzene rings is 1. The third kappa shape index (κ3) is 2.61. The lowest BCUT2D eigenvalue weighted by atomic mass is 9.74. The second-order valence-corrected chi connectivity index (χ2v) is 7.34. The zero-order valence-corrected chi connectivity index (χ0v) is 14.0. The van der Waals surface area contributed by atoms with Crippen LogP contribution in [0.4, 0.5) is 0 Å². The van der Waals surface area contributed by atoms with Crippen LogP contribution in [0.25, 0.3) is 11.4 Å². The fraction of sp³-hybridized carbons (Fsp3) is 0.500. The summed E-state index contributed by atoms with van der Waals surface area (Å²) >= 11 is 2.32. The lowest BCUT2D eigenvalue weighted by molar-refractivity contribution is -0.141. The molecule has 2 aliphatic rings. The van der Waals surface area contributed by atoms with Crippen molar-refractivity contribution in [2.24, 2.45) is 0 Å². The Hall–Kier alpha value is -0.950. The number of rotatable bonds is 2. The molecule has 4 rings (SSSR count). The molecule has 0 bridgehead atoms. The van der Waals surface area contributed by atoms with Crippen molar-refractivity contribution in [1.82, 2.24) is 14.8 Å². The van der Waals surface area contributed by atoms with Crippen molar-refractivity contribution in [3.63, 3.8) is 0 Å². The standard InChI is InChI=1S/C16H18IN3O/c17-13-4-1-3-12(9-13)15-18-11-20(19-15)14-5-8-21-16(10-14)6-2-7-16/h1,3-4,9,11,14H,2,5-8,10H2. The highest BCUT2D eigenvalue weighted by Gasteiger charge is 2.43. The van der Waals surface area contributed by atoms with E-state index in [9.17, 15) is 0 Å². The van der Waals surface area contributed by atoms with Crippen LogP contribution in [0.5, 0.6) is 0 Å². The van der Waals surface area contributed by atoms with Gasteiger partial charge in [-0.05, 0) is 66.8 Å². The molecular formula is C16H18IN3O. The number of halogens is 1. The Morgan fingerprint density at radius 1 is 1.33 bits per heavy atom. The first-order valence-corrected chi connectivity index (χ1v) is 8.63. The Kier molecular flexibility index (Phi) is 3.49. The molecule has 1 spiro atoms. The molecule has 5 heteroatoms. The van der Waals surface area contributed by atoms with E-state index in [2.05, 4.69) is 56.5 Å². The van der Waals surface area contributed by atoms with Gasteiger partial charge in [0.05, 0.1) is 11.6 Å². The van der Waals surface area contributed by atoms with Crippen LogP contribution in [0.15, 0.2) is 30.6 Å². The second-order valence-electron chi connectivity index (χ2n) is 6.09. The topological polar surface area (TPSA) is 39.9 Å². The first-order chi connectivity index (χ1) is 10.2. The molecule has 1 saturated carbocycles. The van der Waals surface area contributed by atoms with E-state index in [-0.39, 0.29) is 5.60 Å². The van der Waals surface area contributed by atoms with E-state index in [0.29, 0.717) is 6.04 Å². The van der Waals surface area contributed by atoms with Gasteiger partial charge in [0.25, 0.3) is 0 Å². The van der Waals surface area contributed by atoms with Gasteiger partial charge in [-0.25, -0.2) is 9.67 Å². The maximum Gasteiger partial charge on any atom is 0.181 e. The third-order valence-electron chi connectivity index (χ3n) is 4.70. The van der Waals surface area contributed by atoms with Crippen molar-refractivity contribution in [1.29, 1.82) is 0 Å². The van der Waals surface area contributed by atoms with Gasteiger partial charge in [0.15, 0.2) is 5.82 Å². The summed E-state index contributed by atoms with van der Waals surface area (Å²) in [5.74, 6) is 0.822. The Morgan fingerprint density at radius 3 is 3.00 bits per heavy atom. The van der Waals surface area contributed by atoms with Crippen LogP contribution < -0.4 is 0 Å². The van der Waals surface area contributed by atoms with Crippen molar-refractivity contribution < 1.29 is 4.74 Å². The van der Waals surface area contributed by atoms with Crippen molar-refractivity contribution >= 4 is 22.6 Å². The summed E-state index contributed by atoms with van der Waals surface area (Å²) in [6.07, 6.45) is 7.73. The molecule has 1 aromatic carbocycles. The number of ether oxygens (including phenoxy) is 1. The summed E-state index contributed by atoms with van der Waals surface area (Å²) in [6.45, 7) is 0.850. The molecule has 4 nitrogen and oxygen atoms in total. The molecule has 0 radical (unpaired) electrons. The average molecular weight is 395 g/mol. The number of hydrogen-bond donors (Lipinski definition) is 0. The summed E-state index contributed by atoms with van der Waals surface area (Å²) in [5.41, 5.74) is 1.24. The minimum absolute atomic E-state index is 0.150. The predicted molar refractivity (Wildman–Crippen MR) is 89.0 cm³/mol. The molecular weight excluding hydrogens is 377 g/mol. The monoisotopic (exact) mass is 395 g/mol.